The van der Waals surface area contributed by atoms with Gasteiger partial charge in [0.2, 0.25) is 0 Å². The first-order chi connectivity index (χ1) is 15.4. The van der Waals surface area contributed by atoms with Gasteiger partial charge in [-0.1, -0.05) is 22.9 Å². The predicted octanol–water partition coefficient (Wildman–Crippen LogP) is 5.92. The normalized spacial score (nSPS) is 18.8. The van der Waals surface area contributed by atoms with E-state index in [1.165, 1.54) is 0 Å². The Morgan fingerprint density at radius 1 is 1.28 bits per heavy atom. The third-order valence-corrected chi connectivity index (χ3v) is 9.38. The highest BCUT2D eigenvalue weighted by Gasteiger charge is 2.37. The van der Waals surface area contributed by atoms with E-state index in [0.717, 1.165) is 66.2 Å². The summed E-state index contributed by atoms with van der Waals surface area (Å²) in [5, 5.41) is 8.62. The lowest BCUT2D eigenvalue weighted by Crippen LogP contribution is -2.35. The van der Waals surface area contributed by atoms with Gasteiger partial charge in [-0.2, -0.15) is 11.8 Å². The number of piperidine rings is 1. The second kappa shape index (κ2) is 8.90. The van der Waals surface area contributed by atoms with Gasteiger partial charge >= 0.3 is 0 Å². The third-order valence-electron chi connectivity index (χ3n) is 6.00. The Kier molecular flexibility index (Phi) is 6.30. The molecule has 0 amide bonds. The van der Waals surface area contributed by atoms with Crippen LogP contribution in [-0.2, 0) is 0 Å². The second-order valence-electron chi connectivity index (χ2n) is 8.44. The molecule has 0 aromatic carbocycles. The number of hydrogen-bond donors (Lipinski definition) is 1. The molecule has 12 heteroatoms. The minimum absolute atomic E-state index is 0.164. The van der Waals surface area contributed by atoms with Gasteiger partial charge in [-0.05, 0) is 56.9 Å². The zero-order valence-corrected chi connectivity index (χ0v) is 20.9. The monoisotopic (exact) mass is 516 g/mol. The molecular formula is C20H23ClF2N6S3. The van der Waals surface area contributed by atoms with Crippen LogP contribution in [0.15, 0.2) is 17.2 Å². The average Bonchev–Trinajstić information content (AvgIpc) is 3.19. The fourth-order valence-corrected chi connectivity index (χ4v) is 6.33. The van der Waals surface area contributed by atoms with Crippen molar-refractivity contribution in [2.75, 3.05) is 24.2 Å². The topological polar surface area (TPSA) is 58.4 Å². The smallest absolute Gasteiger partial charge is 0.291 e. The van der Waals surface area contributed by atoms with Crippen LogP contribution in [0.5, 0.6) is 0 Å². The maximum Gasteiger partial charge on any atom is 0.291 e. The van der Waals surface area contributed by atoms with Crippen molar-refractivity contribution in [2.24, 2.45) is 0 Å². The van der Waals surface area contributed by atoms with Crippen LogP contribution in [0.1, 0.15) is 44.0 Å². The first-order valence-electron chi connectivity index (χ1n) is 10.4. The number of hydrogen-bond acceptors (Lipinski definition) is 8. The van der Waals surface area contributed by atoms with Crippen LogP contribution in [-0.4, -0.2) is 49.7 Å². The molecule has 1 N–H and O–H groups in total. The highest BCUT2D eigenvalue weighted by Crippen LogP contribution is 2.41. The van der Waals surface area contributed by atoms with Gasteiger partial charge in [0.25, 0.3) is 6.43 Å². The van der Waals surface area contributed by atoms with E-state index in [4.69, 9.17) is 11.6 Å². The Balaban J connectivity index is 1.58. The summed E-state index contributed by atoms with van der Waals surface area (Å²) >= 11 is 11.0. The van der Waals surface area contributed by atoms with Crippen molar-refractivity contribution in [2.45, 2.75) is 54.7 Å². The Hall–Kier alpha value is -1.14. The Morgan fingerprint density at radius 2 is 2.03 bits per heavy atom. The van der Waals surface area contributed by atoms with E-state index < -0.39 is 6.43 Å². The second-order valence-corrected chi connectivity index (χ2v) is 11.8. The van der Waals surface area contributed by atoms with Crippen LogP contribution >= 0.6 is 46.6 Å². The van der Waals surface area contributed by atoms with Crippen molar-refractivity contribution < 1.29 is 8.78 Å². The Labute approximate surface area is 202 Å². The maximum absolute atomic E-state index is 13.1. The summed E-state index contributed by atoms with van der Waals surface area (Å²) in [5.74, 6) is 0.440. The number of fused-ring (bicyclic) bond motifs is 1. The van der Waals surface area contributed by atoms with Gasteiger partial charge in [0.15, 0.2) is 21.0 Å². The number of thioether (sulfide) groups is 1. The van der Waals surface area contributed by atoms with Gasteiger partial charge in [-0.3, -0.25) is 9.12 Å². The number of nitrogens with one attached hydrogen (secondary N) is 1. The van der Waals surface area contributed by atoms with E-state index >= 15 is 0 Å². The third kappa shape index (κ3) is 4.46. The van der Waals surface area contributed by atoms with Crippen LogP contribution < -0.4 is 9.62 Å². The maximum atomic E-state index is 13.1. The first-order valence-corrected chi connectivity index (χ1v) is 13.7. The fourth-order valence-electron chi connectivity index (χ4n) is 3.79. The molecule has 0 bridgehead atoms. The van der Waals surface area contributed by atoms with Crippen molar-refractivity contribution in [1.29, 1.82) is 0 Å². The first kappa shape index (κ1) is 22.6. The molecule has 2 fully saturated rings. The molecule has 1 saturated carbocycles. The summed E-state index contributed by atoms with van der Waals surface area (Å²) in [6, 6.07) is 2.15. The Bertz CT molecular complexity index is 1120. The summed E-state index contributed by atoms with van der Waals surface area (Å²) < 4.78 is 31.6. The molecule has 0 spiro atoms. The molecule has 6 nitrogen and oxygen atoms in total. The molecule has 0 atom stereocenters. The van der Waals surface area contributed by atoms with Crippen LogP contribution in [0.4, 0.5) is 14.5 Å². The van der Waals surface area contributed by atoms with Crippen LogP contribution in [0, 0.1) is 0 Å². The molecule has 3 aromatic heterocycles. The van der Waals surface area contributed by atoms with E-state index in [9.17, 15) is 8.78 Å². The van der Waals surface area contributed by atoms with E-state index in [-0.39, 0.29) is 10.5 Å². The fraction of sp³-hybridized carbons (Fsp3) is 0.550. The van der Waals surface area contributed by atoms with E-state index in [2.05, 4.69) is 44.0 Å². The zero-order chi connectivity index (χ0) is 22.5. The lowest BCUT2D eigenvalue weighted by Gasteiger charge is -2.33. The highest BCUT2D eigenvalue weighted by atomic mass is 35.5. The molecule has 1 saturated heterocycles. The molecule has 1 aliphatic heterocycles. The molecule has 0 radical (unpaired) electrons. The molecule has 2 aliphatic rings. The Morgan fingerprint density at radius 3 is 2.66 bits per heavy atom. The van der Waals surface area contributed by atoms with Gasteiger partial charge in [0, 0.05) is 35.0 Å². The lowest BCUT2D eigenvalue weighted by molar-refractivity contribution is 0.150. The van der Waals surface area contributed by atoms with Crippen molar-refractivity contribution in [1.82, 2.24) is 24.3 Å². The molecule has 32 heavy (non-hydrogen) atoms. The number of anilines is 1. The van der Waals surface area contributed by atoms with Crippen molar-refractivity contribution in [3.8, 4) is 10.8 Å². The quantitative estimate of drug-likeness (QED) is 0.391. The van der Waals surface area contributed by atoms with Crippen molar-refractivity contribution in [3.05, 3.63) is 22.4 Å². The molecule has 172 valence electrons. The number of aromatic nitrogens is 4. The molecule has 5 rings (SSSR count). The zero-order valence-electron chi connectivity index (χ0n) is 17.6. The standard InChI is InChI=1S/C20H23ClF2N6S3/c1-20(5-6-20)27-32-12-9-13(28-7-3-11(30-2)4-8-28)14-15(21)24-17(29(14)10-12)19-26-25-18(31-19)16(22)23/h9-11,16,27H,3-8H2,1-2H3. The van der Waals surface area contributed by atoms with Crippen LogP contribution in [0.2, 0.25) is 5.15 Å². The van der Waals surface area contributed by atoms with Crippen LogP contribution in [0.3, 0.4) is 0 Å². The van der Waals surface area contributed by atoms with E-state index in [1.54, 1.807) is 11.9 Å². The SMILES string of the molecule is CSC1CCN(c2cc(SNC3(C)CC3)cn3c(-c4nnc(C(F)F)s4)nc(Cl)c23)CC1. The van der Waals surface area contributed by atoms with Gasteiger partial charge in [-0.25, -0.2) is 13.8 Å². The van der Waals surface area contributed by atoms with Gasteiger partial charge in [0.05, 0.1) is 5.69 Å². The van der Waals surface area contributed by atoms with E-state index in [1.807, 2.05) is 22.4 Å². The van der Waals surface area contributed by atoms with Crippen molar-refractivity contribution in [3.63, 3.8) is 0 Å². The number of halogens is 3. The summed E-state index contributed by atoms with van der Waals surface area (Å²) in [6.07, 6.45) is 5.97. The largest absolute Gasteiger partial charge is 0.370 e. The summed E-state index contributed by atoms with van der Waals surface area (Å²) in [6.45, 7) is 4.08. The number of imidazole rings is 1. The molecule has 3 aromatic rings. The van der Waals surface area contributed by atoms with Gasteiger partial charge < -0.3 is 4.90 Å². The number of nitrogens with zero attached hydrogens (tertiary/aromatic N) is 5. The predicted molar refractivity (Wildman–Crippen MR) is 129 cm³/mol. The van der Waals surface area contributed by atoms with Crippen LogP contribution in [0.25, 0.3) is 16.3 Å². The number of alkyl halides is 2. The number of rotatable bonds is 7. The van der Waals surface area contributed by atoms with E-state index in [0.29, 0.717) is 21.2 Å². The summed E-state index contributed by atoms with van der Waals surface area (Å²) in [4.78, 5) is 7.88. The molecule has 4 heterocycles. The minimum Gasteiger partial charge on any atom is -0.370 e. The molecule has 1 aliphatic carbocycles. The van der Waals surface area contributed by atoms with Crippen molar-refractivity contribution >= 4 is 57.9 Å². The number of pyridine rings is 1. The summed E-state index contributed by atoms with van der Waals surface area (Å²) in [7, 11) is 0. The molecule has 0 unspecified atom stereocenters. The highest BCUT2D eigenvalue weighted by molar-refractivity contribution is 7.99. The molecular weight excluding hydrogens is 494 g/mol. The van der Waals surface area contributed by atoms with Gasteiger partial charge in [0.1, 0.15) is 5.52 Å². The van der Waals surface area contributed by atoms with Gasteiger partial charge in [-0.15, -0.1) is 10.2 Å². The minimum atomic E-state index is -2.66. The summed E-state index contributed by atoms with van der Waals surface area (Å²) in [5.41, 5.74) is 1.96. The lowest BCUT2D eigenvalue weighted by atomic mass is 10.1. The average molecular weight is 517 g/mol.